The number of amides is 1. The van der Waals surface area contributed by atoms with Crippen molar-refractivity contribution in [3.05, 3.63) is 77.6 Å². The average Bonchev–Trinajstić information content (AvgIpc) is 3.23. The molecule has 30 heavy (non-hydrogen) atoms. The lowest BCUT2D eigenvalue weighted by Gasteiger charge is -2.26. The maximum Gasteiger partial charge on any atom is 0.416 e. The number of nitrogen functional groups attached to an aromatic ring is 1. The number of alkyl halides is 3. The van der Waals surface area contributed by atoms with Crippen LogP contribution in [0.4, 0.5) is 19.1 Å². The van der Waals surface area contributed by atoms with Gasteiger partial charge in [-0.15, -0.1) is 0 Å². The monoisotopic (exact) mass is 412 g/mol. The van der Waals surface area contributed by atoms with Gasteiger partial charge in [0.15, 0.2) is 0 Å². The van der Waals surface area contributed by atoms with Gasteiger partial charge in [-0.2, -0.15) is 13.2 Å². The van der Waals surface area contributed by atoms with Crippen LogP contribution in [-0.2, 0) is 6.18 Å². The van der Waals surface area contributed by atoms with E-state index in [9.17, 15) is 18.0 Å². The molecule has 2 aromatic carbocycles. The maximum absolute atomic E-state index is 13.0. The quantitative estimate of drug-likeness (QED) is 0.676. The third-order valence-electron chi connectivity index (χ3n) is 5.21. The van der Waals surface area contributed by atoms with E-state index in [2.05, 4.69) is 9.97 Å². The van der Waals surface area contributed by atoms with E-state index in [1.165, 1.54) is 18.3 Å². The number of halogens is 3. The van der Waals surface area contributed by atoms with E-state index in [1.807, 2.05) is 6.07 Å². The molecule has 3 aromatic rings. The first-order chi connectivity index (χ1) is 14.3. The number of aromatic nitrogens is 2. The molecule has 1 aliphatic rings. The molecule has 1 fully saturated rings. The molecular weight excluding hydrogens is 393 g/mol. The SMILES string of the molecule is Nc1ncc(-c2ccc(C(F)(F)F)cc2)c([C@@H]2CCCN2C(=O)c2ccccc2)n1. The zero-order valence-electron chi connectivity index (χ0n) is 15.9. The van der Waals surface area contributed by atoms with E-state index in [0.717, 1.165) is 18.6 Å². The summed E-state index contributed by atoms with van der Waals surface area (Å²) in [6.45, 7) is 0.564. The minimum atomic E-state index is -4.41. The number of carbonyl (C=O) groups is 1. The van der Waals surface area contributed by atoms with Crippen molar-refractivity contribution in [1.82, 2.24) is 14.9 Å². The van der Waals surface area contributed by atoms with Crippen molar-refractivity contribution in [2.45, 2.75) is 25.1 Å². The number of benzene rings is 2. The van der Waals surface area contributed by atoms with Crippen LogP contribution in [0.5, 0.6) is 0 Å². The molecule has 0 bridgehead atoms. The summed E-state index contributed by atoms with van der Waals surface area (Å²) < 4.78 is 38.7. The standard InChI is InChI=1S/C22H19F3N4O/c23-22(24,25)16-10-8-14(9-11-16)17-13-27-21(26)28-19(17)18-7-4-12-29(18)20(30)15-5-2-1-3-6-15/h1-3,5-6,8-11,13,18H,4,7,12H2,(H2,26,27,28)/t18-/m0/s1. The number of carbonyl (C=O) groups excluding carboxylic acids is 1. The molecule has 1 amide bonds. The van der Waals surface area contributed by atoms with Gasteiger partial charge in [-0.05, 0) is 42.7 Å². The van der Waals surface area contributed by atoms with Crippen LogP contribution in [0.1, 0.15) is 40.5 Å². The lowest BCUT2D eigenvalue weighted by Crippen LogP contribution is -2.31. The summed E-state index contributed by atoms with van der Waals surface area (Å²) in [6, 6.07) is 13.4. The fraction of sp³-hybridized carbons (Fsp3) is 0.227. The molecule has 0 saturated carbocycles. The van der Waals surface area contributed by atoms with Gasteiger partial charge in [-0.25, -0.2) is 9.97 Å². The fourth-order valence-corrected chi connectivity index (χ4v) is 3.77. The molecule has 0 aliphatic carbocycles. The van der Waals surface area contributed by atoms with Gasteiger partial charge in [-0.1, -0.05) is 30.3 Å². The number of likely N-dealkylation sites (tertiary alicyclic amines) is 1. The van der Waals surface area contributed by atoms with E-state index >= 15 is 0 Å². The zero-order chi connectivity index (χ0) is 21.3. The number of rotatable bonds is 3. The first-order valence-electron chi connectivity index (χ1n) is 9.50. The van der Waals surface area contributed by atoms with Gasteiger partial charge < -0.3 is 10.6 Å². The fourth-order valence-electron chi connectivity index (χ4n) is 3.77. The van der Waals surface area contributed by atoms with Crippen molar-refractivity contribution in [1.29, 1.82) is 0 Å². The van der Waals surface area contributed by atoms with Gasteiger partial charge in [0.05, 0.1) is 17.3 Å². The van der Waals surface area contributed by atoms with Gasteiger partial charge in [-0.3, -0.25) is 4.79 Å². The topological polar surface area (TPSA) is 72.1 Å². The van der Waals surface area contributed by atoms with Crippen molar-refractivity contribution >= 4 is 11.9 Å². The molecule has 0 spiro atoms. The van der Waals surface area contributed by atoms with E-state index in [1.54, 1.807) is 29.2 Å². The van der Waals surface area contributed by atoms with Gasteiger partial charge >= 0.3 is 6.18 Å². The largest absolute Gasteiger partial charge is 0.416 e. The van der Waals surface area contributed by atoms with Crippen LogP contribution in [0.15, 0.2) is 60.8 Å². The normalized spacial score (nSPS) is 16.6. The number of nitrogens with zero attached hydrogens (tertiary/aromatic N) is 3. The molecule has 5 nitrogen and oxygen atoms in total. The first-order valence-corrected chi connectivity index (χ1v) is 9.50. The van der Waals surface area contributed by atoms with E-state index in [0.29, 0.717) is 35.3 Å². The van der Waals surface area contributed by atoms with Crippen molar-refractivity contribution in [2.75, 3.05) is 12.3 Å². The second-order valence-corrected chi connectivity index (χ2v) is 7.12. The third kappa shape index (κ3) is 3.85. The van der Waals surface area contributed by atoms with Crippen molar-refractivity contribution in [2.24, 2.45) is 0 Å². The summed E-state index contributed by atoms with van der Waals surface area (Å²) >= 11 is 0. The second-order valence-electron chi connectivity index (χ2n) is 7.12. The predicted molar refractivity (Wildman–Crippen MR) is 106 cm³/mol. The highest BCUT2D eigenvalue weighted by Gasteiger charge is 2.34. The zero-order valence-corrected chi connectivity index (χ0v) is 15.9. The maximum atomic E-state index is 13.0. The molecule has 2 N–H and O–H groups in total. The lowest BCUT2D eigenvalue weighted by molar-refractivity contribution is -0.137. The van der Waals surface area contributed by atoms with E-state index in [4.69, 9.17) is 5.73 Å². The Morgan fingerprint density at radius 2 is 1.77 bits per heavy atom. The molecule has 154 valence electrons. The minimum Gasteiger partial charge on any atom is -0.368 e. The van der Waals surface area contributed by atoms with Gasteiger partial charge in [0.1, 0.15) is 0 Å². The number of nitrogens with two attached hydrogens (primary N) is 1. The summed E-state index contributed by atoms with van der Waals surface area (Å²) in [5, 5.41) is 0. The Kier molecular flexibility index (Phi) is 5.15. The van der Waals surface area contributed by atoms with Crippen LogP contribution >= 0.6 is 0 Å². The number of hydrogen-bond donors (Lipinski definition) is 1. The Balaban J connectivity index is 1.72. The number of anilines is 1. The van der Waals surface area contributed by atoms with Crippen LogP contribution in [0.25, 0.3) is 11.1 Å². The number of hydrogen-bond acceptors (Lipinski definition) is 4. The molecule has 8 heteroatoms. The summed E-state index contributed by atoms with van der Waals surface area (Å²) in [5.41, 5.74) is 7.30. The van der Waals surface area contributed by atoms with Gasteiger partial charge in [0.2, 0.25) is 5.95 Å². The van der Waals surface area contributed by atoms with Crippen molar-refractivity contribution in [3.63, 3.8) is 0 Å². The summed E-state index contributed by atoms with van der Waals surface area (Å²) in [6.07, 6.45) is -1.44. The molecule has 4 rings (SSSR count). The smallest absolute Gasteiger partial charge is 0.368 e. The summed E-state index contributed by atoms with van der Waals surface area (Å²) in [7, 11) is 0. The highest BCUT2D eigenvalue weighted by molar-refractivity contribution is 5.94. The molecule has 1 saturated heterocycles. The van der Waals surface area contributed by atoms with E-state index in [-0.39, 0.29) is 17.9 Å². The third-order valence-corrected chi connectivity index (χ3v) is 5.21. The van der Waals surface area contributed by atoms with Crippen molar-refractivity contribution in [3.8, 4) is 11.1 Å². The molecule has 2 heterocycles. The molecular formula is C22H19F3N4O. The van der Waals surface area contributed by atoms with Crippen LogP contribution in [0, 0.1) is 0 Å². The molecule has 1 aromatic heterocycles. The summed E-state index contributed by atoms with van der Waals surface area (Å²) in [5.74, 6) is -0.0617. The van der Waals surface area contributed by atoms with E-state index < -0.39 is 11.7 Å². The van der Waals surface area contributed by atoms with Crippen LogP contribution in [0.3, 0.4) is 0 Å². The average molecular weight is 412 g/mol. The highest BCUT2D eigenvalue weighted by atomic mass is 19.4. The molecule has 1 atom stereocenters. The minimum absolute atomic E-state index is 0.0553. The van der Waals surface area contributed by atoms with Crippen LogP contribution in [-0.4, -0.2) is 27.3 Å². The Labute approximate surface area is 171 Å². The lowest BCUT2D eigenvalue weighted by atomic mass is 9.98. The first kappa shape index (κ1) is 19.9. The molecule has 0 unspecified atom stereocenters. The highest BCUT2D eigenvalue weighted by Crippen LogP contribution is 2.38. The summed E-state index contributed by atoms with van der Waals surface area (Å²) in [4.78, 5) is 23.2. The second kappa shape index (κ2) is 7.78. The van der Waals surface area contributed by atoms with Crippen molar-refractivity contribution < 1.29 is 18.0 Å². The van der Waals surface area contributed by atoms with Gasteiger partial charge in [0, 0.05) is 23.9 Å². The Morgan fingerprint density at radius 3 is 2.43 bits per heavy atom. The Morgan fingerprint density at radius 1 is 1.07 bits per heavy atom. The molecule has 1 aliphatic heterocycles. The molecule has 0 radical (unpaired) electrons. The Hall–Kier alpha value is -3.42. The predicted octanol–water partition coefficient (Wildman–Crippen LogP) is 4.72. The van der Waals surface area contributed by atoms with Crippen LogP contribution in [0.2, 0.25) is 0 Å². The van der Waals surface area contributed by atoms with Crippen LogP contribution < -0.4 is 5.73 Å². The van der Waals surface area contributed by atoms with Gasteiger partial charge in [0.25, 0.3) is 5.91 Å². The Bertz CT molecular complexity index is 1050.